The van der Waals surface area contributed by atoms with Crippen LogP contribution in [0.25, 0.3) is 33.3 Å². The highest BCUT2D eigenvalue weighted by Gasteiger charge is 2.23. The first-order valence-corrected chi connectivity index (χ1v) is 10.8. The fraction of sp³-hybridized carbons (Fsp3) is 0.0714. The topological polar surface area (TPSA) is 49.0 Å². The lowest BCUT2D eigenvalue weighted by molar-refractivity contribution is 0.0751. The molecule has 1 aliphatic heterocycles. The summed E-state index contributed by atoms with van der Waals surface area (Å²) in [6, 6.07) is 32.7. The van der Waals surface area contributed by atoms with Gasteiger partial charge < -0.3 is 4.90 Å². The number of benzene rings is 4. The summed E-state index contributed by atoms with van der Waals surface area (Å²) in [6.07, 6.45) is 0. The van der Waals surface area contributed by atoms with Crippen molar-refractivity contribution in [2.75, 3.05) is 0 Å². The van der Waals surface area contributed by atoms with Gasteiger partial charge in [-0.15, -0.1) is 0 Å². The minimum Gasteiger partial charge on any atom is -0.330 e. The van der Waals surface area contributed by atoms with E-state index in [4.69, 9.17) is 0 Å². The van der Waals surface area contributed by atoms with Gasteiger partial charge in [0.25, 0.3) is 5.91 Å². The van der Waals surface area contributed by atoms with Gasteiger partial charge in [-0.1, -0.05) is 78.9 Å². The van der Waals surface area contributed by atoms with Crippen LogP contribution in [0.3, 0.4) is 0 Å². The van der Waals surface area contributed by atoms with Gasteiger partial charge >= 0.3 is 0 Å². The summed E-state index contributed by atoms with van der Waals surface area (Å²) in [6.45, 7) is 1.34. The van der Waals surface area contributed by atoms with Gasteiger partial charge in [-0.3, -0.25) is 9.89 Å². The van der Waals surface area contributed by atoms with Crippen molar-refractivity contribution in [2.45, 2.75) is 13.1 Å². The zero-order valence-corrected chi connectivity index (χ0v) is 17.5. The van der Waals surface area contributed by atoms with E-state index in [1.807, 2.05) is 47.4 Å². The molecular weight excluding hydrogens is 394 g/mol. The van der Waals surface area contributed by atoms with E-state index in [-0.39, 0.29) is 5.91 Å². The zero-order valence-electron chi connectivity index (χ0n) is 17.5. The summed E-state index contributed by atoms with van der Waals surface area (Å²) < 4.78 is 0. The van der Waals surface area contributed by atoms with Gasteiger partial charge in [-0.2, -0.15) is 5.10 Å². The van der Waals surface area contributed by atoms with E-state index in [1.54, 1.807) is 0 Å². The van der Waals surface area contributed by atoms with Gasteiger partial charge in [0, 0.05) is 29.8 Å². The molecule has 5 aromatic rings. The molecule has 1 amide bonds. The van der Waals surface area contributed by atoms with Crippen LogP contribution in [0.15, 0.2) is 97.1 Å². The molecule has 4 aromatic carbocycles. The molecule has 1 aliphatic rings. The molecule has 2 heterocycles. The van der Waals surface area contributed by atoms with Crippen LogP contribution in [0.1, 0.15) is 21.5 Å². The summed E-state index contributed by atoms with van der Waals surface area (Å²) in [7, 11) is 0. The van der Waals surface area contributed by atoms with Crippen LogP contribution in [0.2, 0.25) is 0 Å². The van der Waals surface area contributed by atoms with Crippen molar-refractivity contribution >= 4 is 16.7 Å². The van der Waals surface area contributed by atoms with Crippen LogP contribution < -0.4 is 0 Å². The number of carbonyl (C=O) groups excluding carboxylic acids is 1. The number of hydrogen-bond acceptors (Lipinski definition) is 2. The van der Waals surface area contributed by atoms with Crippen molar-refractivity contribution in [3.63, 3.8) is 0 Å². The third-order valence-corrected chi connectivity index (χ3v) is 6.21. The maximum Gasteiger partial charge on any atom is 0.254 e. The Morgan fingerprint density at radius 1 is 0.781 bits per heavy atom. The first-order valence-electron chi connectivity index (χ1n) is 10.8. The number of amides is 1. The van der Waals surface area contributed by atoms with Gasteiger partial charge in [0.05, 0.1) is 11.4 Å². The normalized spacial score (nSPS) is 12.8. The van der Waals surface area contributed by atoms with Gasteiger partial charge in [0.1, 0.15) is 0 Å². The maximum atomic E-state index is 13.0. The second kappa shape index (κ2) is 7.50. The summed E-state index contributed by atoms with van der Waals surface area (Å²) in [4.78, 5) is 14.9. The van der Waals surface area contributed by atoms with Crippen molar-refractivity contribution in [1.29, 1.82) is 0 Å². The lowest BCUT2D eigenvalue weighted by Crippen LogP contribution is -2.25. The number of nitrogens with one attached hydrogen (secondary N) is 1. The molecule has 0 radical (unpaired) electrons. The Bertz CT molecular complexity index is 1420. The Balaban J connectivity index is 1.24. The van der Waals surface area contributed by atoms with Crippen LogP contribution in [-0.4, -0.2) is 21.0 Å². The predicted molar refractivity (Wildman–Crippen MR) is 127 cm³/mol. The monoisotopic (exact) mass is 415 g/mol. The number of H-pyrrole nitrogens is 1. The van der Waals surface area contributed by atoms with Gasteiger partial charge in [-0.25, -0.2) is 0 Å². The molecule has 4 nitrogen and oxygen atoms in total. The Morgan fingerprint density at radius 2 is 1.47 bits per heavy atom. The standard InChI is InChI=1S/C28H21N3O/c32-28(31-17-22-7-1-2-8-23(22)18-31)21-14-12-20(13-15-21)26-16-27(30-29-26)25-11-5-9-19-6-3-4-10-24(19)25/h1-16H,17-18H2,(H,29,30). The molecule has 1 aromatic heterocycles. The summed E-state index contributed by atoms with van der Waals surface area (Å²) in [5.41, 5.74) is 7.11. The first kappa shape index (κ1) is 18.6. The van der Waals surface area contributed by atoms with Crippen molar-refractivity contribution < 1.29 is 4.79 Å². The number of hydrogen-bond donors (Lipinski definition) is 1. The van der Waals surface area contributed by atoms with Crippen molar-refractivity contribution in [3.05, 3.63) is 114 Å². The summed E-state index contributed by atoms with van der Waals surface area (Å²) in [5.74, 6) is 0.0613. The van der Waals surface area contributed by atoms with E-state index in [9.17, 15) is 4.79 Å². The second-order valence-corrected chi connectivity index (χ2v) is 8.20. The molecule has 0 saturated heterocycles. The van der Waals surface area contributed by atoms with E-state index in [0.29, 0.717) is 18.7 Å². The summed E-state index contributed by atoms with van der Waals surface area (Å²) >= 11 is 0. The molecule has 32 heavy (non-hydrogen) atoms. The molecule has 0 bridgehead atoms. The van der Waals surface area contributed by atoms with Crippen LogP contribution in [0.4, 0.5) is 0 Å². The fourth-order valence-electron chi connectivity index (χ4n) is 4.51. The third-order valence-electron chi connectivity index (χ3n) is 6.21. The van der Waals surface area contributed by atoms with E-state index >= 15 is 0 Å². The minimum absolute atomic E-state index is 0.0613. The van der Waals surface area contributed by atoms with Crippen molar-refractivity contribution in [2.24, 2.45) is 0 Å². The molecule has 6 rings (SSSR count). The van der Waals surface area contributed by atoms with Crippen molar-refractivity contribution in [1.82, 2.24) is 15.1 Å². The Hall–Kier alpha value is -4.18. The molecule has 0 saturated carbocycles. The lowest BCUT2D eigenvalue weighted by atomic mass is 10.0. The van der Waals surface area contributed by atoms with Crippen LogP contribution in [0, 0.1) is 0 Å². The Kier molecular flexibility index (Phi) is 4.36. The molecular formula is C28H21N3O. The fourth-order valence-corrected chi connectivity index (χ4v) is 4.51. The van der Waals surface area contributed by atoms with E-state index in [1.165, 1.54) is 21.9 Å². The van der Waals surface area contributed by atoms with E-state index in [2.05, 4.69) is 64.8 Å². The number of fused-ring (bicyclic) bond motifs is 2. The quantitative estimate of drug-likeness (QED) is 0.390. The van der Waals surface area contributed by atoms with Crippen LogP contribution in [0.5, 0.6) is 0 Å². The maximum absolute atomic E-state index is 13.0. The summed E-state index contributed by atoms with van der Waals surface area (Å²) in [5, 5.41) is 10.1. The number of nitrogens with zero attached hydrogens (tertiary/aromatic N) is 2. The predicted octanol–water partition coefficient (Wildman–Crippen LogP) is 6.05. The van der Waals surface area contributed by atoms with Gasteiger partial charge in [0.15, 0.2) is 0 Å². The van der Waals surface area contributed by atoms with E-state index in [0.717, 1.165) is 22.5 Å². The molecule has 0 unspecified atom stereocenters. The average Bonchev–Trinajstić information content (AvgIpc) is 3.51. The lowest BCUT2D eigenvalue weighted by Gasteiger charge is -2.15. The smallest absolute Gasteiger partial charge is 0.254 e. The highest BCUT2D eigenvalue weighted by molar-refractivity contribution is 5.97. The minimum atomic E-state index is 0.0613. The number of rotatable bonds is 3. The largest absolute Gasteiger partial charge is 0.330 e. The molecule has 0 spiro atoms. The third kappa shape index (κ3) is 3.17. The SMILES string of the molecule is O=C(c1ccc(-c2cc(-c3cccc4ccccc34)[nH]n2)cc1)N1Cc2ccccc2C1. The van der Waals surface area contributed by atoms with Crippen molar-refractivity contribution in [3.8, 4) is 22.5 Å². The Labute approximate surface area is 186 Å². The zero-order chi connectivity index (χ0) is 21.5. The molecule has 4 heteroatoms. The van der Waals surface area contributed by atoms with E-state index < -0.39 is 0 Å². The van der Waals surface area contributed by atoms with Crippen LogP contribution >= 0.6 is 0 Å². The van der Waals surface area contributed by atoms with Gasteiger partial charge in [-0.05, 0) is 40.1 Å². The molecule has 0 aliphatic carbocycles. The highest BCUT2D eigenvalue weighted by Crippen LogP contribution is 2.30. The van der Waals surface area contributed by atoms with Gasteiger partial charge in [0.2, 0.25) is 0 Å². The number of carbonyl (C=O) groups is 1. The number of aromatic amines is 1. The average molecular weight is 415 g/mol. The highest BCUT2D eigenvalue weighted by atomic mass is 16.2. The second-order valence-electron chi connectivity index (χ2n) is 8.20. The molecule has 154 valence electrons. The molecule has 0 fully saturated rings. The number of aromatic nitrogens is 2. The first-order chi connectivity index (χ1) is 15.8. The molecule has 0 atom stereocenters. The van der Waals surface area contributed by atoms with Crippen LogP contribution in [-0.2, 0) is 13.1 Å². The molecule has 1 N–H and O–H groups in total. The Morgan fingerprint density at radius 3 is 2.25 bits per heavy atom.